The summed E-state index contributed by atoms with van der Waals surface area (Å²) in [6.07, 6.45) is 0. The molecule has 0 fully saturated rings. The molecule has 7 nitrogen and oxygen atoms in total. The summed E-state index contributed by atoms with van der Waals surface area (Å²) in [6.45, 7) is 4.13. The molecule has 4 aromatic rings. The number of para-hydroxylation sites is 1. The number of nitrogens with one attached hydrogen (secondary N) is 1. The van der Waals surface area contributed by atoms with Gasteiger partial charge < -0.3 is 14.5 Å². The Morgan fingerprint density at radius 3 is 2.68 bits per heavy atom. The van der Waals surface area contributed by atoms with Crippen LogP contribution in [0.15, 0.2) is 64.2 Å². The zero-order valence-corrected chi connectivity index (χ0v) is 18.6. The molecule has 0 bridgehead atoms. The number of carbonyl (C=O) groups excluding carboxylic acids is 1. The van der Waals surface area contributed by atoms with Gasteiger partial charge in [0.25, 0.3) is 11.1 Å². The first kappa shape index (κ1) is 21.1. The van der Waals surface area contributed by atoms with Gasteiger partial charge in [-0.2, -0.15) is 0 Å². The van der Waals surface area contributed by atoms with E-state index in [1.54, 1.807) is 0 Å². The number of nitrogens with zero attached hydrogens (tertiary/aromatic N) is 3. The van der Waals surface area contributed by atoms with Crippen molar-refractivity contribution in [3.05, 3.63) is 70.9 Å². The van der Waals surface area contributed by atoms with Crippen molar-refractivity contribution in [2.24, 2.45) is 0 Å². The van der Waals surface area contributed by atoms with Crippen molar-refractivity contribution >= 4 is 34.1 Å². The van der Waals surface area contributed by atoms with Crippen LogP contribution < -0.4 is 10.1 Å². The Labute approximate surface area is 187 Å². The zero-order valence-electron chi connectivity index (χ0n) is 17.0. The van der Waals surface area contributed by atoms with E-state index in [2.05, 4.69) is 20.5 Å². The van der Waals surface area contributed by atoms with Gasteiger partial charge in [-0.3, -0.25) is 4.79 Å². The Morgan fingerprint density at radius 2 is 1.87 bits per heavy atom. The van der Waals surface area contributed by atoms with Crippen LogP contribution in [-0.2, 0) is 11.4 Å². The minimum absolute atomic E-state index is 0.138. The van der Waals surface area contributed by atoms with Crippen LogP contribution in [0, 0.1) is 13.8 Å². The molecule has 0 atom stereocenters. The molecule has 0 radical (unpaired) electrons. The monoisotopic (exact) mass is 452 g/mol. The number of thiazole rings is 1. The van der Waals surface area contributed by atoms with Gasteiger partial charge in [-0.05, 0) is 25.5 Å². The summed E-state index contributed by atoms with van der Waals surface area (Å²) in [5.41, 5.74) is 2.93. The summed E-state index contributed by atoms with van der Waals surface area (Å²) in [4.78, 5) is 17.9. The van der Waals surface area contributed by atoms with Crippen LogP contribution in [0.1, 0.15) is 16.3 Å². The normalized spacial score (nSPS) is 10.8. The molecule has 2 aromatic heterocycles. The maximum atomic E-state index is 12.3. The predicted octanol–water partition coefficient (Wildman–Crippen LogP) is 5.12. The Morgan fingerprint density at radius 1 is 1.10 bits per heavy atom. The molecular formula is C22H20N4O3S2. The van der Waals surface area contributed by atoms with Crippen molar-refractivity contribution < 1.29 is 13.9 Å². The predicted molar refractivity (Wildman–Crippen MR) is 121 cm³/mol. The van der Waals surface area contributed by atoms with Gasteiger partial charge in [0.05, 0.1) is 11.4 Å². The Hall–Kier alpha value is -3.17. The molecule has 0 aliphatic carbocycles. The minimum atomic E-state index is -0.186. The van der Waals surface area contributed by atoms with Crippen molar-refractivity contribution in [2.45, 2.75) is 25.7 Å². The van der Waals surface area contributed by atoms with Gasteiger partial charge in [0.15, 0.2) is 11.7 Å². The van der Waals surface area contributed by atoms with E-state index in [0.717, 1.165) is 27.4 Å². The van der Waals surface area contributed by atoms with E-state index in [1.807, 2.05) is 68.4 Å². The lowest BCUT2D eigenvalue weighted by Crippen LogP contribution is -2.13. The molecule has 9 heteroatoms. The number of carbonyl (C=O) groups is 1. The van der Waals surface area contributed by atoms with Crippen LogP contribution in [0.25, 0.3) is 11.3 Å². The van der Waals surface area contributed by atoms with Gasteiger partial charge in [0, 0.05) is 10.4 Å². The number of amides is 1. The molecule has 31 heavy (non-hydrogen) atoms. The summed E-state index contributed by atoms with van der Waals surface area (Å²) in [6, 6.07) is 17.6. The number of anilines is 1. The zero-order chi connectivity index (χ0) is 21.6. The van der Waals surface area contributed by atoms with Crippen molar-refractivity contribution in [1.82, 2.24) is 15.2 Å². The van der Waals surface area contributed by atoms with Crippen molar-refractivity contribution in [1.29, 1.82) is 0 Å². The maximum Gasteiger partial charge on any atom is 0.277 e. The lowest BCUT2D eigenvalue weighted by atomic mass is 10.1. The summed E-state index contributed by atoms with van der Waals surface area (Å²) in [5.74, 6) is 1.07. The largest absolute Gasteiger partial charge is 0.484 e. The third kappa shape index (κ3) is 5.50. The van der Waals surface area contributed by atoms with E-state index in [1.165, 1.54) is 23.1 Å². The van der Waals surface area contributed by atoms with Crippen molar-refractivity contribution in [2.75, 3.05) is 11.1 Å². The van der Waals surface area contributed by atoms with Gasteiger partial charge in [-0.1, -0.05) is 60.3 Å². The second-order valence-electron chi connectivity index (χ2n) is 6.64. The lowest BCUT2D eigenvalue weighted by molar-refractivity contribution is -0.113. The number of benzene rings is 2. The first-order chi connectivity index (χ1) is 15.1. The number of hydrogen-bond acceptors (Lipinski definition) is 8. The van der Waals surface area contributed by atoms with Gasteiger partial charge in [0.1, 0.15) is 5.75 Å². The quantitative estimate of drug-likeness (QED) is 0.371. The number of aromatic nitrogens is 3. The van der Waals surface area contributed by atoms with Crippen molar-refractivity contribution in [3.63, 3.8) is 0 Å². The highest BCUT2D eigenvalue weighted by Crippen LogP contribution is 2.30. The molecule has 2 heterocycles. The van der Waals surface area contributed by atoms with Gasteiger partial charge in [-0.15, -0.1) is 21.5 Å². The molecule has 1 N–H and O–H groups in total. The van der Waals surface area contributed by atoms with E-state index >= 15 is 0 Å². The van der Waals surface area contributed by atoms with Crippen LogP contribution in [0.2, 0.25) is 0 Å². The Kier molecular flexibility index (Phi) is 6.63. The molecule has 0 saturated carbocycles. The maximum absolute atomic E-state index is 12.3. The number of aryl methyl sites for hydroxylation is 2. The van der Waals surface area contributed by atoms with Crippen LogP contribution in [0.3, 0.4) is 0 Å². The van der Waals surface area contributed by atoms with E-state index in [9.17, 15) is 4.79 Å². The first-order valence-electron chi connectivity index (χ1n) is 9.55. The number of ether oxygens (including phenoxy) is 1. The fourth-order valence-electron chi connectivity index (χ4n) is 2.81. The molecule has 0 spiro atoms. The Bertz CT molecular complexity index is 1170. The summed E-state index contributed by atoms with van der Waals surface area (Å²) >= 11 is 2.62. The second kappa shape index (κ2) is 9.76. The highest BCUT2D eigenvalue weighted by atomic mass is 32.2. The molecule has 158 valence electrons. The van der Waals surface area contributed by atoms with Gasteiger partial charge >= 0.3 is 0 Å². The first-order valence-corrected chi connectivity index (χ1v) is 11.3. The van der Waals surface area contributed by atoms with Gasteiger partial charge in [0.2, 0.25) is 5.91 Å². The third-order valence-corrected chi connectivity index (χ3v) is 6.01. The molecule has 2 aromatic carbocycles. The third-order valence-electron chi connectivity index (χ3n) is 4.31. The second-order valence-corrected chi connectivity index (χ2v) is 8.77. The van der Waals surface area contributed by atoms with E-state index in [0.29, 0.717) is 16.2 Å². The van der Waals surface area contributed by atoms with E-state index in [4.69, 9.17) is 9.15 Å². The fourth-order valence-corrected chi connectivity index (χ4v) is 4.24. The Balaban J connectivity index is 1.28. The van der Waals surface area contributed by atoms with Crippen molar-refractivity contribution in [3.8, 4) is 17.0 Å². The summed E-state index contributed by atoms with van der Waals surface area (Å²) < 4.78 is 11.2. The lowest BCUT2D eigenvalue weighted by Gasteiger charge is -2.05. The van der Waals surface area contributed by atoms with E-state index < -0.39 is 0 Å². The SMILES string of the molecule is Cc1ccccc1OCc1nnc(SCC(=O)Nc2nc(-c3ccccc3)c(C)s2)o1. The molecule has 1 amide bonds. The number of rotatable bonds is 8. The molecular weight excluding hydrogens is 432 g/mol. The van der Waals surface area contributed by atoms with Crippen LogP contribution in [0.5, 0.6) is 5.75 Å². The standard InChI is InChI=1S/C22H20N4O3S2/c1-14-8-6-7-11-17(14)28-12-19-25-26-22(29-19)30-13-18(27)23-21-24-20(15(2)31-21)16-9-4-3-5-10-16/h3-11H,12-13H2,1-2H3,(H,23,24,27). The highest BCUT2D eigenvalue weighted by Gasteiger charge is 2.14. The van der Waals surface area contributed by atoms with Crippen LogP contribution in [-0.4, -0.2) is 26.8 Å². The number of hydrogen-bond donors (Lipinski definition) is 1. The number of thioether (sulfide) groups is 1. The molecule has 4 rings (SSSR count). The molecule has 0 saturated heterocycles. The fraction of sp³-hybridized carbons (Fsp3) is 0.182. The van der Waals surface area contributed by atoms with E-state index in [-0.39, 0.29) is 18.3 Å². The van der Waals surface area contributed by atoms with Crippen LogP contribution in [0.4, 0.5) is 5.13 Å². The topological polar surface area (TPSA) is 90.1 Å². The molecule has 0 unspecified atom stereocenters. The summed E-state index contributed by atoms with van der Waals surface area (Å²) in [5, 5.41) is 11.7. The van der Waals surface area contributed by atoms with Crippen LogP contribution >= 0.6 is 23.1 Å². The molecule has 0 aliphatic rings. The minimum Gasteiger partial charge on any atom is -0.484 e. The summed E-state index contributed by atoms with van der Waals surface area (Å²) in [7, 11) is 0. The average Bonchev–Trinajstić information content (AvgIpc) is 3.38. The highest BCUT2D eigenvalue weighted by molar-refractivity contribution is 7.99. The smallest absolute Gasteiger partial charge is 0.277 e. The average molecular weight is 453 g/mol. The van der Waals surface area contributed by atoms with Gasteiger partial charge in [-0.25, -0.2) is 4.98 Å². The molecule has 0 aliphatic heterocycles.